The summed E-state index contributed by atoms with van der Waals surface area (Å²) in [7, 11) is -7.38. The van der Waals surface area contributed by atoms with Crippen molar-refractivity contribution in [1.29, 1.82) is 0 Å². The van der Waals surface area contributed by atoms with Crippen LogP contribution in [0.3, 0.4) is 0 Å². The van der Waals surface area contributed by atoms with Gasteiger partial charge in [0.05, 0.1) is 10.6 Å². The van der Waals surface area contributed by atoms with E-state index in [4.69, 9.17) is 0 Å². The van der Waals surface area contributed by atoms with Crippen molar-refractivity contribution in [3.63, 3.8) is 0 Å². The van der Waals surface area contributed by atoms with Crippen molar-refractivity contribution in [3.05, 3.63) is 54.2 Å². The summed E-state index contributed by atoms with van der Waals surface area (Å²) in [5.41, 5.74) is 0.261. The lowest BCUT2D eigenvalue weighted by Gasteiger charge is -2.11. The fourth-order valence-corrected chi connectivity index (χ4v) is 6.55. The van der Waals surface area contributed by atoms with Gasteiger partial charge in [-0.2, -0.15) is 0 Å². The molecule has 0 saturated heterocycles. The molecular formula is C17H23NO4S2. The van der Waals surface area contributed by atoms with Crippen LogP contribution in [0.25, 0.3) is 0 Å². The number of rotatable bonds is 2. The van der Waals surface area contributed by atoms with Crippen LogP contribution < -0.4 is 0 Å². The molecule has 2 aromatic rings. The lowest BCUT2D eigenvalue weighted by molar-refractivity contribution is 0.582. The van der Waals surface area contributed by atoms with E-state index < -0.39 is 30.7 Å². The molecule has 0 radical (unpaired) electrons. The minimum atomic E-state index is -3.74. The number of sulfone groups is 2. The fraction of sp³-hybridized carbons (Fsp3) is 0.353. The molecule has 0 N–H and O–H groups in total. The second kappa shape index (κ2) is 8.39. The summed E-state index contributed by atoms with van der Waals surface area (Å²) in [4.78, 5) is 3.94. The van der Waals surface area contributed by atoms with Crippen LogP contribution in [0, 0.1) is 0 Å². The lowest BCUT2D eigenvalue weighted by Crippen LogP contribution is -2.15. The van der Waals surface area contributed by atoms with Crippen LogP contribution in [0.1, 0.15) is 38.5 Å². The van der Waals surface area contributed by atoms with Gasteiger partial charge in [-0.15, -0.1) is 0 Å². The van der Waals surface area contributed by atoms with E-state index in [1.54, 1.807) is 24.3 Å². The Hall–Kier alpha value is -1.73. The molecule has 1 aromatic carbocycles. The first-order valence-corrected chi connectivity index (χ1v) is 11.1. The van der Waals surface area contributed by atoms with Gasteiger partial charge in [-0.25, -0.2) is 21.8 Å². The number of hydrogen-bond donors (Lipinski definition) is 0. The van der Waals surface area contributed by atoms with Gasteiger partial charge in [-0.1, -0.05) is 52.0 Å². The molecule has 1 aliphatic rings. The van der Waals surface area contributed by atoms with Crippen LogP contribution >= 0.6 is 0 Å². The average Bonchev–Trinajstić information content (AvgIpc) is 2.92. The van der Waals surface area contributed by atoms with Crippen molar-refractivity contribution >= 4 is 19.7 Å². The van der Waals surface area contributed by atoms with Crippen molar-refractivity contribution in [2.45, 2.75) is 42.9 Å². The van der Waals surface area contributed by atoms with Crippen molar-refractivity contribution in [1.82, 2.24) is 4.98 Å². The van der Waals surface area contributed by atoms with E-state index in [0.717, 1.165) is 0 Å². The highest BCUT2D eigenvalue weighted by Gasteiger charge is 2.43. The molecule has 24 heavy (non-hydrogen) atoms. The third-order valence-electron chi connectivity index (χ3n) is 3.26. The Bertz CT molecular complexity index is 860. The van der Waals surface area contributed by atoms with Gasteiger partial charge in [-0.05, 0) is 18.2 Å². The summed E-state index contributed by atoms with van der Waals surface area (Å²) in [5, 5.41) is -1.21. The van der Waals surface area contributed by atoms with Gasteiger partial charge in [-0.3, -0.25) is 0 Å². The SMILES string of the molecule is CC.CC.O=S1(=O)CC(S(=O)(=O)c2ccccc2)c2cccnc21. The zero-order valence-corrected chi connectivity index (χ0v) is 15.9. The van der Waals surface area contributed by atoms with E-state index in [0.29, 0.717) is 0 Å². The molecule has 1 unspecified atom stereocenters. The van der Waals surface area contributed by atoms with Crippen molar-refractivity contribution in [3.8, 4) is 0 Å². The maximum absolute atomic E-state index is 12.6. The molecule has 0 bridgehead atoms. The Balaban J connectivity index is 0.000000671. The van der Waals surface area contributed by atoms with Crippen LogP contribution in [0.15, 0.2) is 58.6 Å². The average molecular weight is 370 g/mol. The molecule has 7 heteroatoms. The molecule has 0 saturated carbocycles. The standard InChI is InChI=1S/C13H11NO4S2.2C2H6/c15-19(16)9-12(11-7-4-8-14-13(11)19)20(17,18)10-5-2-1-3-6-10;2*1-2/h1-8,12H,9H2;2*1-2H3. The summed E-state index contributed by atoms with van der Waals surface area (Å²) in [6, 6.07) is 10.9. The highest BCUT2D eigenvalue weighted by atomic mass is 32.2. The summed E-state index contributed by atoms with van der Waals surface area (Å²) in [5.74, 6) is -0.448. The lowest BCUT2D eigenvalue weighted by atomic mass is 10.2. The maximum Gasteiger partial charge on any atom is 0.197 e. The predicted molar refractivity (Wildman–Crippen MR) is 95.4 cm³/mol. The first kappa shape index (κ1) is 20.3. The molecule has 3 rings (SSSR count). The summed E-state index contributed by atoms with van der Waals surface area (Å²) in [6.07, 6.45) is 1.36. The molecule has 1 aliphatic heterocycles. The number of pyridine rings is 1. The molecule has 2 heterocycles. The Morgan fingerprint density at radius 3 is 2.12 bits per heavy atom. The monoisotopic (exact) mass is 369 g/mol. The van der Waals surface area contributed by atoms with Crippen LogP contribution in [0.5, 0.6) is 0 Å². The van der Waals surface area contributed by atoms with E-state index in [-0.39, 0.29) is 15.5 Å². The zero-order valence-electron chi connectivity index (χ0n) is 14.3. The van der Waals surface area contributed by atoms with Gasteiger partial charge < -0.3 is 0 Å². The highest BCUT2D eigenvalue weighted by Crippen LogP contribution is 2.39. The van der Waals surface area contributed by atoms with Gasteiger partial charge in [0, 0.05) is 11.8 Å². The molecule has 1 atom stereocenters. The number of fused-ring (bicyclic) bond motifs is 1. The van der Waals surface area contributed by atoms with E-state index in [2.05, 4.69) is 4.98 Å². The number of hydrogen-bond acceptors (Lipinski definition) is 5. The third kappa shape index (κ3) is 3.84. The van der Waals surface area contributed by atoms with Crippen LogP contribution in [-0.2, 0) is 19.7 Å². The van der Waals surface area contributed by atoms with E-state index in [9.17, 15) is 16.8 Å². The van der Waals surface area contributed by atoms with Gasteiger partial charge in [0.2, 0.25) is 0 Å². The first-order chi connectivity index (χ1) is 11.4. The third-order valence-corrected chi connectivity index (χ3v) is 7.27. The first-order valence-electron chi connectivity index (χ1n) is 7.89. The smallest absolute Gasteiger partial charge is 0.197 e. The zero-order chi connectivity index (χ0) is 18.4. The summed E-state index contributed by atoms with van der Waals surface area (Å²) >= 11 is 0. The van der Waals surface area contributed by atoms with Crippen LogP contribution in [0.4, 0.5) is 0 Å². The highest BCUT2D eigenvalue weighted by molar-refractivity contribution is 7.96. The maximum atomic E-state index is 12.6. The summed E-state index contributed by atoms with van der Waals surface area (Å²) < 4.78 is 49.2. The van der Waals surface area contributed by atoms with Crippen LogP contribution in [-0.4, -0.2) is 27.6 Å². The van der Waals surface area contributed by atoms with Crippen molar-refractivity contribution in [2.24, 2.45) is 0 Å². The molecular weight excluding hydrogens is 346 g/mol. The fourth-order valence-electron chi connectivity index (χ4n) is 2.31. The normalized spacial score (nSPS) is 17.6. The van der Waals surface area contributed by atoms with Gasteiger partial charge in [0.1, 0.15) is 5.25 Å². The topological polar surface area (TPSA) is 81.2 Å². The Morgan fingerprint density at radius 2 is 1.54 bits per heavy atom. The van der Waals surface area contributed by atoms with Crippen molar-refractivity contribution < 1.29 is 16.8 Å². The minimum absolute atomic E-state index is 0.121. The largest absolute Gasteiger partial charge is 0.244 e. The second-order valence-corrected chi connectivity index (χ2v) is 8.61. The van der Waals surface area contributed by atoms with E-state index in [1.807, 2.05) is 27.7 Å². The van der Waals surface area contributed by atoms with Gasteiger partial charge in [0.25, 0.3) is 0 Å². The molecule has 5 nitrogen and oxygen atoms in total. The molecule has 1 aromatic heterocycles. The van der Waals surface area contributed by atoms with E-state index >= 15 is 0 Å². The second-order valence-electron chi connectivity index (χ2n) is 4.53. The van der Waals surface area contributed by atoms with Gasteiger partial charge >= 0.3 is 0 Å². The summed E-state index contributed by atoms with van der Waals surface area (Å²) in [6.45, 7) is 8.00. The number of nitrogens with zero attached hydrogens (tertiary/aromatic N) is 1. The molecule has 132 valence electrons. The molecule has 0 amide bonds. The number of benzene rings is 1. The minimum Gasteiger partial charge on any atom is -0.244 e. The van der Waals surface area contributed by atoms with E-state index in [1.165, 1.54) is 24.4 Å². The van der Waals surface area contributed by atoms with Gasteiger partial charge in [0.15, 0.2) is 24.7 Å². The molecule has 0 spiro atoms. The Kier molecular flexibility index (Phi) is 7.10. The quantitative estimate of drug-likeness (QED) is 0.810. The van der Waals surface area contributed by atoms with Crippen molar-refractivity contribution in [2.75, 3.05) is 5.75 Å². The predicted octanol–water partition coefficient (Wildman–Crippen LogP) is 3.44. The number of aromatic nitrogens is 1. The van der Waals surface area contributed by atoms with Crippen LogP contribution in [0.2, 0.25) is 0 Å². The Labute approximate surface area is 144 Å². The molecule has 0 aliphatic carbocycles. The molecule has 0 fully saturated rings. The Morgan fingerprint density at radius 1 is 0.958 bits per heavy atom.